The molecule has 1 heterocycles. The highest BCUT2D eigenvalue weighted by Gasteiger charge is 2.49. The van der Waals surface area contributed by atoms with E-state index in [2.05, 4.69) is 29.6 Å². The summed E-state index contributed by atoms with van der Waals surface area (Å²) in [5.74, 6) is -1.61. The fourth-order valence-corrected chi connectivity index (χ4v) is 5.32. The van der Waals surface area contributed by atoms with Crippen LogP contribution in [0.15, 0.2) is 48.5 Å². The number of amides is 2. The first-order chi connectivity index (χ1) is 16.4. The lowest BCUT2D eigenvalue weighted by Gasteiger charge is -2.42. The fraction of sp³-hybridized carbons (Fsp3) is 0.423. The second-order valence-electron chi connectivity index (χ2n) is 9.41. The lowest BCUT2D eigenvalue weighted by Crippen LogP contribution is -2.62. The van der Waals surface area contributed by atoms with Gasteiger partial charge >= 0.3 is 12.1 Å². The summed E-state index contributed by atoms with van der Waals surface area (Å²) < 4.78 is 11.1. The van der Waals surface area contributed by atoms with E-state index in [-0.39, 0.29) is 31.1 Å². The molecule has 5 rings (SSSR count). The normalized spacial score (nSPS) is 25.1. The van der Waals surface area contributed by atoms with E-state index in [1.54, 1.807) is 11.9 Å². The highest BCUT2D eigenvalue weighted by molar-refractivity contribution is 5.91. The molecule has 8 nitrogen and oxygen atoms in total. The third-order valence-corrected chi connectivity index (χ3v) is 7.45. The molecular weight excluding hydrogens is 436 g/mol. The van der Waals surface area contributed by atoms with Gasteiger partial charge in [-0.05, 0) is 35.1 Å². The summed E-state index contributed by atoms with van der Waals surface area (Å²) in [4.78, 5) is 38.9. The second-order valence-corrected chi connectivity index (χ2v) is 9.41. The van der Waals surface area contributed by atoms with Crippen molar-refractivity contribution in [2.45, 2.75) is 36.8 Å². The van der Waals surface area contributed by atoms with Crippen LogP contribution in [0.1, 0.15) is 36.3 Å². The smallest absolute Gasteiger partial charge is 0.408 e. The Morgan fingerprint density at radius 2 is 1.71 bits per heavy atom. The van der Waals surface area contributed by atoms with Crippen LogP contribution in [-0.4, -0.2) is 66.4 Å². The summed E-state index contributed by atoms with van der Waals surface area (Å²) in [7, 11) is 1.66. The summed E-state index contributed by atoms with van der Waals surface area (Å²) in [5, 5.41) is 11.9. The molecule has 2 aliphatic carbocycles. The number of benzene rings is 2. The quantitative estimate of drug-likeness (QED) is 0.681. The zero-order chi connectivity index (χ0) is 23.9. The SMILES string of the molecule is CN(C(=O)C1(NC(=O)OCC2c3ccccc3-c3ccccc32)CCOC1)C1CC(C(=O)O)C1. The van der Waals surface area contributed by atoms with E-state index in [1.165, 1.54) is 0 Å². The number of hydrogen-bond acceptors (Lipinski definition) is 5. The Balaban J connectivity index is 1.25. The van der Waals surface area contributed by atoms with Gasteiger partial charge in [-0.15, -0.1) is 0 Å². The summed E-state index contributed by atoms with van der Waals surface area (Å²) >= 11 is 0. The molecule has 34 heavy (non-hydrogen) atoms. The standard InChI is InChI=1S/C26H28N2O6/c1-28(17-12-16(13-17)23(29)30)24(31)26(10-11-33-15-26)27-25(32)34-14-22-20-8-4-2-6-18(20)19-7-3-5-9-21(19)22/h2-9,16-17,22H,10-15H2,1H3,(H,27,32)(H,29,30). The number of rotatable bonds is 6. The summed E-state index contributed by atoms with van der Waals surface area (Å²) in [5.41, 5.74) is 3.31. The predicted octanol–water partition coefficient (Wildman–Crippen LogP) is 3.01. The molecule has 1 unspecified atom stereocenters. The van der Waals surface area contributed by atoms with E-state index in [1.807, 2.05) is 24.3 Å². The van der Waals surface area contributed by atoms with Gasteiger partial charge in [-0.25, -0.2) is 4.79 Å². The highest BCUT2D eigenvalue weighted by atomic mass is 16.6. The molecule has 0 bridgehead atoms. The zero-order valence-electron chi connectivity index (χ0n) is 19.0. The van der Waals surface area contributed by atoms with Gasteiger partial charge in [-0.1, -0.05) is 48.5 Å². The average Bonchev–Trinajstić information content (AvgIpc) is 3.39. The Morgan fingerprint density at radius 1 is 1.09 bits per heavy atom. The van der Waals surface area contributed by atoms with Gasteiger partial charge in [-0.2, -0.15) is 0 Å². The molecule has 1 saturated heterocycles. The monoisotopic (exact) mass is 464 g/mol. The molecule has 1 saturated carbocycles. The van der Waals surface area contributed by atoms with Crippen molar-refractivity contribution in [2.75, 3.05) is 26.9 Å². The average molecular weight is 465 g/mol. The summed E-state index contributed by atoms with van der Waals surface area (Å²) in [6, 6.07) is 16.0. The minimum atomic E-state index is -1.20. The molecule has 0 aromatic heterocycles. The third-order valence-electron chi connectivity index (χ3n) is 7.45. The molecule has 178 valence electrons. The topological polar surface area (TPSA) is 105 Å². The van der Waals surface area contributed by atoms with Gasteiger partial charge in [0.25, 0.3) is 5.91 Å². The Hall–Kier alpha value is -3.39. The van der Waals surface area contributed by atoms with Crippen molar-refractivity contribution in [3.8, 4) is 11.1 Å². The van der Waals surface area contributed by atoms with Crippen LogP contribution in [0.2, 0.25) is 0 Å². The van der Waals surface area contributed by atoms with Crippen LogP contribution in [0.4, 0.5) is 4.79 Å². The van der Waals surface area contributed by atoms with E-state index < -0.39 is 23.5 Å². The molecule has 0 radical (unpaired) electrons. The molecule has 2 amide bonds. The molecule has 1 atom stereocenters. The minimum Gasteiger partial charge on any atom is -0.481 e. The largest absolute Gasteiger partial charge is 0.481 e. The van der Waals surface area contributed by atoms with Gasteiger partial charge in [0.2, 0.25) is 0 Å². The number of carbonyl (C=O) groups is 3. The minimum absolute atomic E-state index is 0.0649. The molecule has 1 aliphatic heterocycles. The van der Waals surface area contributed by atoms with E-state index in [0.29, 0.717) is 25.9 Å². The maximum absolute atomic E-state index is 13.3. The van der Waals surface area contributed by atoms with Crippen LogP contribution in [0, 0.1) is 5.92 Å². The number of nitrogens with one attached hydrogen (secondary N) is 1. The van der Waals surface area contributed by atoms with Crippen LogP contribution < -0.4 is 5.32 Å². The van der Waals surface area contributed by atoms with Crippen molar-refractivity contribution in [1.82, 2.24) is 10.2 Å². The molecular formula is C26H28N2O6. The first-order valence-corrected chi connectivity index (χ1v) is 11.6. The molecule has 0 spiro atoms. The van der Waals surface area contributed by atoms with Crippen molar-refractivity contribution < 1.29 is 29.0 Å². The number of carboxylic acids is 1. The number of carbonyl (C=O) groups excluding carboxylic acids is 2. The number of hydrogen-bond donors (Lipinski definition) is 2. The van der Waals surface area contributed by atoms with Crippen LogP contribution in [0.5, 0.6) is 0 Å². The predicted molar refractivity (Wildman–Crippen MR) is 123 cm³/mol. The van der Waals surface area contributed by atoms with E-state index in [0.717, 1.165) is 22.3 Å². The Labute approximate surface area is 197 Å². The van der Waals surface area contributed by atoms with E-state index >= 15 is 0 Å². The number of fused-ring (bicyclic) bond motifs is 3. The van der Waals surface area contributed by atoms with Gasteiger partial charge in [0.05, 0.1) is 12.5 Å². The Morgan fingerprint density at radius 3 is 2.26 bits per heavy atom. The summed E-state index contributed by atoms with van der Waals surface area (Å²) in [6.45, 7) is 0.574. The molecule has 8 heteroatoms. The Bertz CT molecular complexity index is 1070. The van der Waals surface area contributed by atoms with Crippen LogP contribution in [-0.2, 0) is 19.1 Å². The van der Waals surface area contributed by atoms with Gasteiger partial charge in [-0.3, -0.25) is 9.59 Å². The van der Waals surface area contributed by atoms with Crippen molar-refractivity contribution in [3.05, 3.63) is 59.7 Å². The van der Waals surface area contributed by atoms with Crippen molar-refractivity contribution in [3.63, 3.8) is 0 Å². The number of aliphatic carboxylic acids is 1. The van der Waals surface area contributed by atoms with Gasteiger partial charge in [0.1, 0.15) is 12.1 Å². The van der Waals surface area contributed by atoms with Crippen LogP contribution >= 0.6 is 0 Å². The van der Waals surface area contributed by atoms with Crippen molar-refractivity contribution in [2.24, 2.45) is 5.92 Å². The number of ether oxygens (including phenoxy) is 2. The maximum atomic E-state index is 13.3. The number of alkyl carbamates (subject to hydrolysis) is 1. The fourth-order valence-electron chi connectivity index (χ4n) is 5.32. The molecule has 2 aromatic rings. The maximum Gasteiger partial charge on any atom is 0.408 e. The zero-order valence-corrected chi connectivity index (χ0v) is 19.0. The lowest BCUT2D eigenvalue weighted by molar-refractivity contribution is -0.152. The van der Waals surface area contributed by atoms with Gasteiger partial charge < -0.3 is 24.8 Å². The summed E-state index contributed by atoms with van der Waals surface area (Å²) in [6.07, 6.45) is 0.514. The highest BCUT2D eigenvalue weighted by Crippen LogP contribution is 2.44. The number of nitrogens with zero attached hydrogens (tertiary/aromatic N) is 1. The van der Waals surface area contributed by atoms with Crippen LogP contribution in [0.3, 0.4) is 0 Å². The van der Waals surface area contributed by atoms with Gasteiger partial charge in [0, 0.05) is 32.0 Å². The molecule has 3 aliphatic rings. The van der Waals surface area contributed by atoms with Crippen molar-refractivity contribution >= 4 is 18.0 Å². The van der Waals surface area contributed by atoms with Crippen molar-refractivity contribution in [1.29, 1.82) is 0 Å². The number of likely N-dealkylation sites (N-methyl/N-ethyl adjacent to an activating group) is 1. The number of carboxylic acid groups (broad SMARTS) is 1. The second kappa shape index (κ2) is 8.76. The third kappa shape index (κ3) is 3.81. The molecule has 2 N–H and O–H groups in total. The molecule has 2 aromatic carbocycles. The van der Waals surface area contributed by atoms with Crippen LogP contribution in [0.25, 0.3) is 11.1 Å². The lowest BCUT2D eigenvalue weighted by atomic mass is 9.79. The van der Waals surface area contributed by atoms with Gasteiger partial charge in [0.15, 0.2) is 0 Å². The first-order valence-electron chi connectivity index (χ1n) is 11.6. The Kier molecular flexibility index (Phi) is 5.77. The van der Waals surface area contributed by atoms with E-state index in [9.17, 15) is 14.4 Å². The molecule has 2 fully saturated rings. The van der Waals surface area contributed by atoms with E-state index in [4.69, 9.17) is 14.6 Å². The first kappa shape index (κ1) is 22.4.